The predicted octanol–water partition coefficient (Wildman–Crippen LogP) is 0.773. The molecule has 0 bridgehead atoms. The van der Waals surface area contributed by atoms with Crippen LogP contribution >= 0.6 is 24.0 Å². The van der Waals surface area contributed by atoms with Gasteiger partial charge in [-0.2, -0.15) is 5.10 Å². The fourth-order valence-corrected chi connectivity index (χ4v) is 3.03. The second kappa shape index (κ2) is 7.96. The van der Waals surface area contributed by atoms with Gasteiger partial charge >= 0.3 is 0 Å². The van der Waals surface area contributed by atoms with Crippen LogP contribution in [0.1, 0.15) is 13.3 Å². The third-order valence-corrected chi connectivity index (χ3v) is 4.08. The maximum absolute atomic E-state index is 11.9. The van der Waals surface area contributed by atoms with E-state index in [4.69, 9.17) is 11.6 Å². The minimum atomic E-state index is -3.59. The van der Waals surface area contributed by atoms with E-state index in [0.717, 1.165) is 13.0 Å². The fourth-order valence-electron chi connectivity index (χ4n) is 1.35. The van der Waals surface area contributed by atoms with Crippen molar-refractivity contribution in [1.82, 2.24) is 19.8 Å². The first-order valence-corrected chi connectivity index (χ1v) is 7.23. The standard InChI is InChI=1S/C9H17ClN4O2S.ClH/c1-3-4-11-5-6-13-17(15,16)9-8(10)7-12-14(9)2;/h7,11,13H,3-6H2,1-2H3;1H. The molecular formula is C9H18Cl2N4O2S. The number of hydrogen-bond donors (Lipinski definition) is 2. The van der Waals surface area contributed by atoms with Crippen molar-refractivity contribution in [2.45, 2.75) is 18.4 Å². The number of rotatable bonds is 7. The smallest absolute Gasteiger partial charge is 0.259 e. The molecule has 0 saturated heterocycles. The molecule has 2 N–H and O–H groups in total. The van der Waals surface area contributed by atoms with Crippen LogP contribution in [-0.4, -0.2) is 37.8 Å². The van der Waals surface area contributed by atoms with E-state index in [9.17, 15) is 8.42 Å². The molecule has 1 aromatic rings. The van der Waals surface area contributed by atoms with Crippen molar-refractivity contribution in [3.8, 4) is 0 Å². The van der Waals surface area contributed by atoms with Crippen molar-refractivity contribution in [1.29, 1.82) is 0 Å². The summed E-state index contributed by atoms with van der Waals surface area (Å²) in [5.74, 6) is 0. The van der Waals surface area contributed by atoms with Gasteiger partial charge in [0.2, 0.25) is 0 Å². The van der Waals surface area contributed by atoms with Crippen LogP contribution in [0.2, 0.25) is 5.02 Å². The maximum Gasteiger partial charge on any atom is 0.259 e. The predicted molar refractivity (Wildman–Crippen MR) is 73.8 cm³/mol. The number of nitrogens with zero attached hydrogens (tertiary/aromatic N) is 2. The number of aryl methyl sites for hydroxylation is 1. The number of halogens is 2. The first-order valence-electron chi connectivity index (χ1n) is 5.37. The molecule has 18 heavy (non-hydrogen) atoms. The van der Waals surface area contributed by atoms with Crippen LogP contribution in [-0.2, 0) is 17.1 Å². The molecule has 0 spiro atoms. The third-order valence-electron chi connectivity index (χ3n) is 2.12. The zero-order valence-electron chi connectivity index (χ0n) is 10.3. The summed E-state index contributed by atoms with van der Waals surface area (Å²) < 4.78 is 27.5. The van der Waals surface area contributed by atoms with E-state index in [1.54, 1.807) is 0 Å². The molecule has 0 aliphatic rings. The van der Waals surface area contributed by atoms with Crippen molar-refractivity contribution in [2.75, 3.05) is 19.6 Å². The second-order valence-corrected chi connectivity index (χ2v) is 5.66. The Morgan fingerprint density at radius 1 is 1.39 bits per heavy atom. The highest BCUT2D eigenvalue weighted by Gasteiger charge is 2.21. The van der Waals surface area contributed by atoms with Crippen molar-refractivity contribution >= 4 is 34.0 Å². The van der Waals surface area contributed by atoms with E-state index in [1.807, 2.05) is 6.92 Å². The third kappa shape index (κ3) is 4.74. The summed E-state index contributed by atoms with van der Waals surface area (Å²) in [5.41, 5.74) is 0. The first kappa shape index (κ1) is 17.7. The van der Waals surface area contributed by atoms with Gasteiger partial charge in [0.15, 0.2) is 5.03 Å². The number of hydrogen-bond acceptors (Lipinski definition) is 4. The minimum absolute atomic E-state index is 0. The zero-order valence-corrected chi connectivity index (χ0v) is 12.7. The molecule has 0 aliphatic heterocycles. The van der Waals surface area contributed by atoms with E-state index >= 15 is 0 Å². The Morgan fingerprint density at radius 3 is 2.56 bits per heavy atom. The SMILES string of the molecule is CCCNCCNS(=O)(=O)c1c(Cl)cnn1C.Cl. The molecule has 0 saturated carbocycles. The highest BCUT2D eigenvalue weighted by atomic mass is 35.5. The van der Waals surface area contributed by atoms with E-state index in [0.29, 0.717) is 13.1 Å². The van der Waals surface area contributed by atoms with Gasteiger partial charge in [-0.15, -0.1) is 12.4 Å². The molecule has 0 amide bonds. The van der Waals surface area contributed by atoms with Crippen molar-refractivity contribution in [2.24, 2.45) is 7.05 Å². The van der Waals surface area contributed by atoms with Crippen LogP contribution in [0.3, 0.4) is 0 Å². The quantitative estimate of drug-likeness (QED) is 0.729. The van der Waals surface area contributed by atoms with Crippen LogP contribution in [0.4, 0.5) is 0 Å². The molecule has 6 nitrogen and oxygen atoms in total. The van der Waals surface area contributed by atoms with Gasteiger partial charge in [0.1, 0.15) is 0 Å². The largest absolute Gasteiger partial charge is 0.315 e. The van der Waals surface area contributed by atoms with Crippen LogP contribution in [0, 0.1) is 0 Å². The highest BCUT2D eigenvalue weighted by Crippen LogP contribution is 2.18. The van der Waals surface area contributed by atoms with Gasteiger partial charge < -0.3 is 5.32 Å². The average Bonchev–Trinajstić information content (AvgIpc) is 2.58. The van der Waals surface area contributed by atoms with Crippen molar-refractivity contribution in [3.05, 3.63) is 11.2 Å². The van der Waals surface area contributed by atoms with Gasteiger partial charge in [0, 0.05) is 20.1 Å². The lowest BCUT2D eigenvalue weighted by Crippen LogP contribution is -2.33. The molecule has 9 heteroatoms. The number of nitrogens with one attached hydrogen (secondary N) is 2. The van der Waals surface area contributed by atoms with Crippen LogP contribution in [0.25, 0.3) is 0 Å². The van der Waals surface area contributed by atoms with Gasteiger partial charge in [0.05, 0.1) is 11.2 Å². The highest BCUT2D eigenvalue weighted by molar-refractivity contribution is 7.89. The lowest BCUT2D eigenvalue weighted by molar-refractivity contribution is 0.558. The maximum atomic E-state index is 11.9. The van der Waals surface area contributed by atoms with Gasteiger partial charge in [-0.1, -0.05) is 18.5 Å². The Hall–Kier alpha value is -0.340. The van der Waals surface area contributed by atoms with Crippen molar-refractivity contribution < 1.29 is 8.42 Å². The van der Waals surface area contributed by atoms with Gasteiger partial charge in [-0.3, -0.25) is 4.68 Å². The fraction of sp³-hybridized carbons (Fsp3) is 0.667. The van der Waals surface area contributed by atoms with Gasteiger partial charge in [-0.05, 0) is 13.0 Å². The molecule has 0 aliphatic carbocycles. The van der Waals surface area contributed by atoms with E-state index in [-0.39, 0.29) is 22.5 Å². The Morgan fingerprint density at radius 2 is 2.06 bits per heavy atom. The monoisotopic (exact) mass is 316 g/mol. The van der Waals surface area contributed by atoms with Crippen LogP contribution in [0.15, 0.2) is 11.2 Å². The summed E-state index contributed by atoms with van der Waals surface area (Å²) >= 11 is 5.77. The summed E-state index contributed by atoms with van der Waals surface area (Å²) in [7, 11) is -2.05. The van der Waals surface area contributed by atoms with E-state index in [2.05, 4.69) is 15.1 Å². The molecule has 0 fully saturated rings. The Balaban J connectivity index is 0.00000289. The second-order valence-electron chi connectivity index (χ2n) is 3.57. The Labute approximate surface area is 119 Å². The molecule has 0 aromatic carbocycles. The molecule has 0 unspecified atom stereocenters. The molecule has 1 heterocycles. The Bertz CT molecular complexity index is 442. The minimum Gasteiger partial charge on any atom is -0.315 e. The zero-order chi connectivity index (χ0) is 12.9. The summed E-state index contributed by atoms with van der Waals surface area (Å²) in [6.07, 6.45) is 2.33. The molecule has 1 rings (SSSR count). The Kier molecular flexibility index (Phi) is 7.81. The molecule has 106 valence electrons. The molecule has 0 atom stereocenters. The normalized spacial score (nSPS) is 11.3. The molecule has 1 aromatic heterocycles. The van der Waals surface area contributed by atoms with Crippen LogP contribution in [0.5, 0.6) is 0 Å². The molecule has 0 radical (unpaired) electrons. The topological polar surface area (TPSA) is 76.0 Å². The summed E-state index contributed by atoms with van der Waals surface area (Å²) in [6.45, 7) is 3.83. The van der Waals surface area contributed by atoms with E-state index in [1.165, 1.54) is 17.9 Å². The van der Waals surface area contributed by atoms with E-state index < -0.39 is 10.0 Å². The van der Waals surface area contributed by atoms with Gasteiger partial charge in [-0.25, -0.2) is 13.1 Å². The lowest BCUT2D eigenvalue weighted by Gasteiger charge is -2.07. The lowest BCUT2D eigenvalue weighted by atomic mass is 10.5. The average molecular weight is 317 g/mol. The van der Waals surface area contributed by atoms with Crippen LogP contribution < -0.4 is 10.0 Å². The summed E-state index contributed by atoms with van der Waals surface area (Å²) in [6, 6.07) is 0. The molecular weight excluding hydrogens is 299 g/mol. The first-order chi connectivity index (χ1) is 7.99. The number of aromatic nitrogens is 2. The summed E-state index contributed by atoms with van der Waals surface area (Å²) in [4.78, 5) is 0. The summed E-state index contributed by atoms with van der Waals surface area (Å²) in [5, 5.41) is 7.01. The van der Waals surface area contributed by atoms with Crippen molar-refractivity contribution in [3.63, 3.8) is 0 Å². The number of sulfonamides is 1. The van der Waals surface area contributed by atoms with Gasteiger partial charge in [0.25, 0.3) is 10.0 Å².